The van der Waals surface area contributed by atoms with Crippen LogP contribution in [0.3, 0.4) is 0 Å². The van der Waals surface area contributed by atoms with E-state index >= 15 is 0 Å². The van der Waals surface area contributed by atoms with E-state index in [0.29, 0.717) is 11.6 Å². The maximum Gasteiger partial charge on any atom is 0.222 e. The van der Waals surface area contributed by atoms with Crippen molar-refractivity contribution in [3.63, 3.8) is 0 Å². The molecule has 9 nitrogen and oxygen atoms in total. The van der Waals surface area contributed by atoms with Crippen LogP contribution in [-0.2, 0) is 4.79 Å². The first-order valence-corrected chi connectivity index (χ1v) is 10.6. The first-order valence-electron chi connectivity index (χ1n) is 10.6. The van der Waals surface area contributed by atoms with Crippen LogP contribution in [0.15, 0.2) is 53.4 Å². The molecule has 0 aliphatic carbocycles. The second-order valence-electron chi connectivity index (χ2n) is 7.89. The molecule has 5 rings (SSSR count). The quantitative estimate of drug-likeness (QED) is 0.387. The molecule has 0 spiro atoms. The van der Waals surface area contributed by atoms with Gasteiger partial charge in [0, 0.05) is 36.0 Å². The molecule has 0 atom stereocenters. The van der Waals surface area contributed by atoms with Crippen molar-refractivity contribution in [3.05, 3.63) is 60.4 Å². The summed E-state index contributed by atoms with van der Waals surface area (Å²) in [5, 5.41) is 6.80. The molecule has 0 aliphatic heterocycles. The van der Waals surface area contributed by atoms with Gasteiger partial charge in [-0.05, 0) is 44.2 Å². The SMILES string of the molecule is COc1ccc(-c2c(-c3ccnc(NC(C)=O)c3)[nH]c3cc(-c4c(C)noc4C)cnc23)nc1. The van der Waals surface area contributed by atoms with Crippen LogP contribution in [0.5, 0.6) is 5.75 Å². The van der Waals surface area contributed by atoms with Crippen LogP contribution in [0.2, 0.25) is 0 Å². The molecule has 1 amide bonds. The van der Waals surface area contributed by atoms with E-state index in [1.165, 1.54) is 6.92 Å². The number of fused-ring (bicyclic) bond motifs is 1. The second-order valence-corrected chi connectivity index (χ2v) is 7.89. The number of aryl methyl sites for hydroxylation is 2. The van der Waals surface area contributed by atoms with E-state index in [9.17, 15) is 4.79 Å². The molecule has 0 unspecified atom stereocenters. The first kappa shape index (κ1) is 21.3. The number of nitrogens with one attached hydrogen (secondary N) is 2. The highest BCUT2D eigenvalue weighted by Crippen LogP contribution is 2.39. The van der Waals surface area contributed by atoms with Gasteiger partial charge in [0.15, 0.2) is 0 Å². The molecule has 2 N–H and O–H groups in total. The zero-order valence-corrected chi connectivity index (χ0v) is 19.1. The van der Waals surface area contributed by atoms with E-state index in [-0.39, 0.29) is 5.91 Å². The van der Waals surface area contributed by atoms with Crippen molar-refractivity contribution in [2.24, 2.45) is 0 Å². The van der Waals surface area contributed by atoms with Crippen molar-refractivity contribution in [2.45, 2.75) is 20.8 Å². The topological polar surface area (TPSA) is 119 Å². The number of aromatic nitrogens is 5. The van der Waals surface area contributed by atoms with Gasteiger partial charge in [0.1, 0.15) is 17.3 Å². The fourth-order valence-electron chi connectivity index (χ4n) is 4.06. The number of H-pyrrole nitrogens is 1. The summed E-state index contributed by atoms with van der Waals surface area (Å²) < 4.78 is 10.6. The molecule has 170 valence electrons. The van der Waals surface area contributed by atoms with Gasteiger partial charge < -0.3 is 19.6 Å². The van der Waals surface area contributed by atoms with Gasteiger partial charge in [0.05, 0.1) is 47.0 Å². The molecule has 0 bridgehead atoms. The number of hydrogen-bond donors (Lipinski definition) is 2. The molecule has 5 heterocycles. The molecule has 0 aliphatic rings. The van der Waals surface area contributed by atoms with Crippen LogP contribution in [0, 0.1) is 13.8 Å². The van der Waals surface area contributed by atoms with E-state index in [4.69, 9.17) is 14.2 Å². The van der Waals surface area contributed by atoms with Crippen LogP contribution in [0.4, 0.5) is 5.82 Å². The third-order valence-corrected chi connectivity index (χ3v) is 5.54. The number of aromatic amines is 1. The van der Waals surface area contributed by atoms with Gasteiger partial charge in [-0.3, -0.25) is 14.8 Å². The van der Waals surface area contributed by atoms with E-state index in [2.05, 4.69) is 25.4 Å². The van der Waals surface area contributed by atoms with Gasteiger partial charge in [0.25, 0.3) is 0 Å². The smallest absolute Gasteiger partial charge is 0.222 e. The average molecular weight is 454 g/mol. The van der Waals surface area contributed by atoms with Crippen molar-refractivity contribution >= 4 is 22.8 Å². The zero-order valence-electron chi connectivity index (χ0n) is 19.1. The normalized spacial score (nSPS) is 11.1. The number of nitrogens with zero attached hydrogens (tertiary/aromatic N) is 4. The maximum atomic E-state index is 11.6. The Kier molecular flexibility index (Phi) is 5.29. The molecule has 0 saturated carbocycles. The summed E-state index contributed by atoms with van der Waals surface area (Å²) in [5.41, 5.74) is 7.44. The summed E-state index contributed by atoms with van der Waals surface area (Å²) in [6.45, 7) is 5.24. The molecule has 9 heteroatoms. The van der Waals surface area contributed by atoms with Gasteiger partial charge in [-0.1, -0.05) is 5.16 Å². The lowest BCUT2D eigenvalue weighted by Gasteiger charge is -2.07. The number of ether oxygens (including phenoxy) is 1. The molecule has 5 aromatic rings. The van der Waals surface area contributed by atoms with Crippen molar-refractivity contribution in [1.82, 2.24) is 25.1 Å². The predicted octanol–water partition coefficient (Wildman–Crippen LogP) is 4.93. The van der Waals surface area contributed by atoms with Gasteiger partial charge >= 0.3 is 0 Å². The lowest BCUT2D eigenvalue weighted by Crippen LogP contribution is -2.07. The Bertz CT molecular complexity index is 1500. The minimum Gasteiger partial charge on any atom is -0.495 e. The number of anilines is 1. The van der Waals surface area contributed by atoms with Crippen LogP contribution in [0.1, 0.15) is 18.4 Å². The number of pyridine rings is 3. The Morgan fingerprint density at radius 1 is 1.03 bits per heavy atom. The van der Waals surface area contributed by atoms with Crippen LogP contribution in [0.25, 0.3) is 44.7 Å². The molecular weight excluding hydrogens is 432 g/mol. The summed E-state index contributed by atoms with van der Waals surface area (Å²) in [4.78, 5) is 28.7. The van der Waals surface area contributed by atoms with Crippen LogP contribution < -0.4 is 10.1 Å². The summed E-state index contributed by atoms with van der Waals surface area (Å²) >= 11 is 0. The highest BCUT2D eigenvalue weighted by atomic mass is 16.5. The molecule has 5 aromatic heterocycles. The summed E-state index contributed by atoms with van der Waals surface area (Å²) in [6, 6.07) is 9.47. The number of carbonyl (C=O) groups excluding carboxylic acids is 1. The fourth-order valence-corrected chi connectivity index (χ4v) is 4.06. The Balaban J connectivity index is 1.73. The van der Waals surface area contributed by atoms with Gasteiger partial charge in [-0.15, -0.1) is 0 Å². The third kappa shape index (κ3) is 3.77. The number of amides is 1. The Labute approximate surface area is 195 Å². The largest absolute Gasteiger partial charge is 0.495 e. The third-order valence-electron chi connectivity index (χ3n) is 5.54. The minimum atomic E-state index is -0.191. The van der Waals surface area contributed by atoms with Crippen molar-refractivity contribution in [3.8, 4) is 39.4 Å². The fraction of sp³-hybridized carbons (Fsp3) is 0.160. The van der Waals surface area contributed by atoms with Gasteiger partial charge in [-0.25, -0.2) is 4.98 Å². The van der Waals surface area contributed by atoms with E-state index in [1.54, 1.807) is 19.5 Å². The average Bonchev–Trinajstić information content (AvgIpc) is 3.38. The van der Waals surface area contributed by atoms with Gasteiger partial charge in [-0.2, -0.15) is 0 Å². The van der Waals surface area contributed by atoms with Crippen LogP contribution >= 0.6 is 0 Å². The number of hydrogen-bond acceptors (Lipinski definition) is 7. The number of carbonyl (C=O) groups is 1. The molecule has 0 aromatic carbocycles. The highest BCUT2D eigenvalue weighted by Gasteiger charge is 2.20. The minimum absolute atomic E-state index is 0.191. The summed E-state index contributed by atoms with van der Waals surface area (Å²) in [7, 11) is 1.60. The van der Waals surface area contributed by atoms with E-state index in [0.717, 1.165) is 56.1 Å². The molecule has 0 fully saturated rings. The van der Waals surface area contributed by atoms with E-state index < -0.39 is 0 Å². The lowest BCUT2D eigenvalue weighted by atomic mass is 10.0. The monoisotopic (exact) mass is 454 g/mol. The maximum absolute atomic E-state index is 11.6. The first-order chi connectivity index (χ1) is 16.4. The van der Waals surface area contributed by atoms with E-state index in [1.807, 2.05) is 50.4 Å². The Morgan fingerprint density at radius 3 is 2.56 bits per heavy atom. The van der Waals surface area contributed by atoms with Crippen molar-refractivity contribution in [2.75, 3.05) is 12.4 Å². The Morgan fingerprint density at radius 2 is 1.88 bits per heavy atom. The zero-order chi connectivity index (χ0) is 23.8. The molecule has 34 heavy (non-hydrogen) atoms. The Hall–Kier alpha value is -4.53. The van der Waals surface area contributed by atoms with Crippen molar-refractivity contribution < 1.29 is 14.1 Å². The standard InChI is InChI=1S/C25H22N6O3/c1-13-22(14(2)34-31-13)17-9-20-25(28-11-17)23(19-6-5-18(33-4)12-27-19)24(30-20)16-7-8-26-21(10-16)29-15(3)32/h5-12,30H,1-4H3,(H,26,29,32). The van der Waals surface area contributed by atoms with Gasteiger partial charge in [0.2, 0.25) is 5.91 Å². The molecule has 0 saturated heterocycles. The number of methoxy groups -OCH3 is 1. The van der Waals surface area contributed by atoms with Crippen molar-refractivity contribution in [1.29, 1.82) is 0 Å². The van der Waals surface area contributed by atoms with Crippen LogP contribution in [-0.4, -0.2) is 38.1 Å². The highest BCUT2D eigenvalue weighted by molar-refractivity contribution is 6.02. The molecule has 0 radical (unpaired) electrons. The second kappa shape index (κ2) is 8.43. The number of rotatable bonds is 5. The molecular formula is C25H22N6O3. The summed E-state index contributed by atoms with van der Waals surface area (Å²) in [6.07, 6.45) is 5.14. The lowest BCUT2D eigenvalue weighted by molar-refractivity contribution is -0.114. The predicted molar refractivity (Wildman–Crippen MR) is 128 cm³/mol. The summed E-state index contributed by atoms with van der Waals surface area (Å²) in [5.74, 6) is 1.66.